The third kappa shape index (κ3) is 3.70. The van der Waals surface area contributed by atoms with Crippen molar-refractivity contribution in [3.8, 4) is 0 Å². The minimum atomic E-state index is -3.53. The first kappa shape index (κ1) is 16.2. The third-order valence-corrected chi connectivity index (χ3v) is 8.13. The normalized spacial score (nSPS) is 28.8. The first-order valence-corrected chi connectivity index (χ1v) is 10.1. The highest BCUT2D eigenvalue weighted by atomic mass is 32.2. The Kier molecular flexibility index (Phi) is 5.06. The van der Waals surface area contributed by atoms with E-state index in [1.165, 1.54) is 4.31 Å². The van der Waals surface area contributed by atoms with Gasteiger partial charge in [0.25, 0.3) is 0 Å². The molecule has 0 aromatic carbocycles. The first-order chi connectivity index (χ1) is 9.35. The van der Waals surface area contributed by atoms with Gasteiger partial charge < -0.3 is 9.84 Å². The number of ether oxygens (including phenoxy) is 1. The molecule has 0 aromatic rings. The third-order valence-electron chi connectivity index (χ3n) is 3.82. The number of hydrogen-bond acceptors (Lipinski definition) is 6. The van der Waals surface area contributed by atoms with E-state index in [0.717, 1.165) is 0 Å². The second-order valence-electron chi connectivity index (χ2n) is 5.26. The summed E-state index contributed by atoms with van der Waals surface area (Å²) in [6.07, 6.45) is 1.34. The topological polar surface area (TPSA) is 101 Å². The molecule has 0 aliphatic carbocycles. The molecule has 2 rings (SSSR count). The van der Waals surface area contributed by atoms with Crippen molar-refractivity contribution in [1.29, 1.82) is 0 Å². The lowest BCUT2D eigenvalue weighted by Crippen LogP contribution is -2.45. The van der Waals surface area contributed by atoms with Crippen molar-refractivity contribution in [2.75, 3.05) is 37.8 Å². The van der Waals surface area contributed by atoms with E-state index >= 15 is 0 Å². The Hall–Kier alpha value is -0.220. The molecule has 1 N–H and O–H groups in total. The monoisotopic (exact) mass is 327 g/mol. The fourth-order valence-corrected chi connectivity index (χ4v) is 7.24. The Morgan fingerprint density at radius 1 is 1.20 bits per heavy atom. The molecule has 20 heavy (non-hydrogen) atoms. The largest absolute Gasteiger partial charge is 0.394 e. The number of sulfone groups is 1. The van der Waals surface area contributed by atoms with E-state index in [9.17, 15) is 16.8 Å². The zero-order chi connectivity index (χ0) is 14.8. The summed E-state index contributed by atoms with van der Waals surface area (Å²) in [6, 6.07) is 0. The molecular weight excluding hydrogens is 306 g/mol. The second-order valence-corrected chi connectivity index (χ2v) is 9.70. The molecule has 0 spiro atoms. The SMILES string of the molecule is O=S1(=O)CCC(S(=O)(=O)N2CCC(OCCO)CC2)C1. The molecule has 2 aliphatic rings. The Morgan fingerprint density at radius 3 is 2.35 bits per heavy atom. The van der Waals surface area contributed by atoms with Crippen LogP contribution in [0.15, 0.2) is 0 Å². The highest BCUT2D eigenvalue weighted by Gasteiger charge is 2.41. The Balaban J connectivity index is 1.92. The van der Waals surface area contributed by atoms with Gasteiger partial charge in [-0.25, -0.2) is 21.1 Å². The molecule has 0 aromatic heterocycles. The summed E-state index contributed by atoms with van der Waals surface area (Å²) in [6.45, 7) is 0.931. The molecule has 1 atom stereocenters. The quantitative estimate of drug-likeness (QED) is 0.693. The van der Waals surface area contributed by atoms with Crippen molar-refractivity contribution in [1.82, 2.24) is 4.31 Å². The van der Waals surface area contributed by atoms with Crippen LogP contribution in [0.2, 0.25) is 0 Å². The molecular formula is C11H21NO6S2. The molecule has 0 radical (unpaired) electrons. The van der Waals surface area contributed by atoms with Gasteiger partial charge in [-0.15, -0.1) is 0 Å². The molecule has 2 aliphatic heterocycles. The van der Waals surface area contributed by atoms with Crippen LogP contribution in [0.25, 0.3) is 0 Å². The van der Waals surface area contributed by atoms with E-state index < -0.39 is 25.1 Å². The van der Waals surface area contributed by atoms with Gasteiger partial charge in [0.2, 0.25) is 10.0 Å². The lowest BCUT2D eigenvalue weighted by molar-refractivity contribution is 0.00310. The van der Waals surface area contributed by atoms with Crippen LogP contribution in [0.3, 0.4) is 0 Å². The molecule has 0 amide bonds. The predicted octanol–water partition coefficient (Wildman–Crippen LogP) is -1.02. The van der Waals surface area contributed by atoms with Crippen LogP contribution in [0.5, 0.6) is 0 Å². The number of aliphatic hydroxyl groups is 1. The Morgan fingerprint density at radius 2 is 1.85 bits per heavy atom. The van der Waals surface area contributed by atoms with Crippen molar-refractivity contribution in [3.05, 3.63) is 0 Å². The van der Waals surface area contributed by atoms with Gasteiger partial charge in [-0.1, -0.05) is 0 Å². The van der Waals surface area contributed by atoms with Crippen LogP contribution >= 0.6 is 0 Å². The van der Waals surface area contributed by atoms with E-state index in [4.69, 9.17) is 9.84 Å². The standard InChI is InChI=1S/C11H21NO6S2/c13-6-7-18-10-1-4-12(5-2-10)20(16,17)11-3-8-19(14,15)9-11/h10-11,13H,1-9H2. The molecule has 7 nitrogen and oxygen atoms in total. The molecule has 0 bridgehead atoms. The van der Waals surface area contributed by atoms with Crippen molar-refractivity contribution < 1.29 is 26.7 Å². The summed E-state index contributed by atoms with van der Waals surface area (Å²) >= 11 is 0. The number of rotatable bonds is 5. The van der Waals surface area contributed by atoms with Crippen molar-refractivity contribution in [2.45, 2.75) is 30.6 Å². The van der Waals surface area contributed by atoms with Crippen LogP contribution < -0.4 is 0 Å². The number of hydrogen-bond donors (Lipinski definition) is 1. The average Bonchev–Trinajstić information content (AvgIpc) is 2.78. The number of aliphatic hydroxyl groups excluding tert-OH is 1. The first-order valence-electron chi connectivity index (χ1n) is 6.77. The Bertz CT molecular complexity index is 521. The fraction of sp³-hybridized carbons (Fsp3) is 1.00. The maximum atomic E-state index is 12.4. The summed E-state index contributed by atoms with van der Waals surface area (Å²) < 4.78 is 54.4. The molecule has 2 heterocycles. The van der Waals surface area contributed by atoms with Crippen molar-refractivity contribution in [2.24, 2.45) is 0 Å². The van der Waals surface area contributed by atoms with Crippen LogP contribution in [0, 0.1) is 0 Å². The van der Waals surface area contributed by atoms with Gasteiger partial charge in [0.15, 0.2) is 9.84 Å². The van der Waals surface area contributed by atoms with Gasteiger partial charge in [-0.2, -0.15) is 0 Å². The van der Waals surface area contributed by atoms with Crippen LogP contribution in [0.1, 0.15) is 19.3 Å². The lowest BCUT2D eigenvalue weighted by Gasteiger charge is -2.32. The smallest absolute Gasteiger partial charge is 0.218 e. The van der Waals surface area contributed by atoms with Gasteiger partial charge >= 0.3 is 0 Å². The fourth-order valence-electron chi connectivity index (χ4n) is 2.68. The molecule has 9 heteroatoms. The van der Waals surface area contributed by atoms with Crippen LogP contribution in [-0.4, -0.2) is 75.4 Å². The lowest BCUT2D eigenvalue weighted by atomic mass is 10.1. The van der Waals surface area contributed by atoms with E-state index in [2.05, 4.69) is 0 Å². The summed E-state index contributed by atoms with van der Waals surface area (Å²) in [5.41, 5.74) is 0. The summed E-state index contributed by atoms with van der Waals surface area (Å²) in [5.74, 6) is -0.288. The highest BCUT2D eigenvalue weighted by molar-refractivity contribution is 7.95. The predicted molar refractivity (Wildman–Crippen MR) is 73.6 cm³/mol. The maximum Gasteiger partial charge on any atom is 0.218 e. The van der Waals surface area contributed by atoms with Gasteiger partial charge in [0, 0.05) is 13.1 Å². The number of piperidine rings is 1. The highest BCUT2D eigenvalue weighted by Crippen LogP contribution is 2.25. The van der Waals surface area contributed by atoms with Crippen LogP contribution in [0.4, 0.5) is 0 Å². The minimum Gasteiger partial charge on any atom is -0.394 e. The molecule has 2 saturated heterocycles. The number of sulfonamides is 1. The average molecular weight is 327 g/mol. The van der Waals surface area contributed by atoms with Gasteiger partial charge in [-0.3, -0.25) is 0 Å². The summed E-state index contributed by atoms with van der Waals surface area (Å²) in [4.78, 5) is 0. The van der Waals surface area contributed by atoms with Crippen molar-refractivity contribution >= 4 is 19.9 Å². The van der Waals surface area contributed by atoms with Gasteiger partial charge in [-0.05, 0) is 19.3 Å². The molecule has 0 saturated carbocycles. The maximum absolute atomic E-state index is 12.4. The molecule has 1 unspecified atom stereocenters. The van der Waals surface area contributed by atoms with E-state index in [1.54, 1.807) is 0 Å². The van der Waals surface area contributed by atoms with Crippen LogP contribution in [-0.2, 0) is 24.6 Å². The summed E-state index contributed by atoms with van der Waals surface area (Å²) in [7, 11) is -6.73. The van der Waals surface area contributed by atoms with E-state index in [-0.39, 0.29) is 37.2 Å². The second kappa shape index (κ2) is 6.27. The summed E-state index contributed by atoms with van der Waals surface area (Å²) in [5, 5.41) is 7.89. The molecule has 118 valence electrons. The molecule has 2 fully saturated rings. The van der Waals surface area contributed by atoms with Gasteiger partial charge in [0.05, 0.1) is 36.1 Å². The number of nitrogens with zero attached hydrogens (tertiary/aromatic N) is 1. The van der Waals surface area contributed by atoms with E-state index in [0.29, 0.717) is 25.9 Å². The minimum absolute atomic E-state index is 0.0269. The van der Waals surface area contributed by atoms with Gasteiger partial charge in [0.1, 0.15) is 0 Å². The zero-order valence-electron chi connectivity index (χ0n) is 11.3. The van der Waals surface area contributed by atoms with E-state index in [1.807, 2.05) is 0 Å². The Labute approximate surface area is 119 Å². The zero-order valence-corrected chi connectivity index (χ0v) is 12.9. The van der Waals surface area contributed by atoms with Crippen molar-refractivity contribution in [3.63, 3.8) is 0 Å².